The maximum Gasteiger partial charge on any atom is 0.178 e. The normalized spacial score (nSPS) is 17.9. The molecule has 0 aliphatic carbocycles. The number of benzene rings is 2. The zero-order chi connectivity index (χ0) is 21.1. The molecule has 0 amide bonds. The molecule has 1 fully saturated rings. The van der Waals surface area contributed by atoms with Crippen LogP contribution in [0.4, 0.5) is 4.39 Å². The highest BCUT2D eigenvalue weighted by Gasteiger charge is 2.24. The van der Waals surface area contributed by atoms with E-state index in [1.54, 1.807) is 6.07 Å². The molecule has 2 aromatic carbocycles. The smallest absolute Gasteiger partial charge is 0.178 e. The van der Waals surface area contributed by atoms with E-state index in [-0.39, 0.29) is 5.82 Å². The Morgan fingerprint density at radius 1 is 1.13 bits per heavy atom. The van der Waals surface area contributed by atoms with Gasteiger partial charge in [0, 0.05) is 24.9 Å². The van der Waals surface area contributed by atoms with E-state index < -0.39 is 9.84 Å². The van der Waals surface area contributed by atoms with Gasteiger partial charge >= 0.3 is 0 Å². The van der Waals surface area contributed by atoms with Crippen molar-refractivity contribution in [3.05, 3.63) is 71.8 Å². The lowest BCUT2D eigenvalue weighted by Gasteiger charge is -2.33. The number of rotatable bonds is 6. The number of nitrogens with zero attached hydrogens (tertiary/aromatic N) is 2. The van der Waals surface area contributed by atoms with Crippen LogP contribution in [0.15, 0.2) is 59.6 Å². The lowest BCUT2D eigenvalue weighted by atomic mass is 9.92. The third-order valence-electron chi connectivity index (χ3n) is 5.75. The van der Waals surface area contributed by atoms with Crippen LogP contribution in [0.1, 0.15) is 24.1 Å². The molecule has 1 unspecified atom stereocenters. The second-order valence-corrected chi connectivity index (χ2v) is 10.1. The Morgan fingerprint density at radius 2 is 1.87 bits per heavy atom. The van der Waals surface area contributed by atoms with E-state index in [2.05, 4.69) is 21.2 Å². The summed E-state index contributed by atoms with van der Waals surface area (Å²) in [6.07, 6.45) is 5.38. The number of hydrogen-bond acceptors (Lipinski definition) is 4. The van der Waals surface area contributed by atoms with Gasteiger partial charge in [-0.05, 0) is 48.9 Å². The van der Waals surface area contributed by atoms with Crippen LogP contribution in [0.5, 0.6) is 0 Å². The average molecular weight is 428 g/mol. The van der Waals surface area contributed by atoms with Crippen molar-refractivity contribution in [2.45, 2.75) is 30.7 Å². The minimum Gasteiger partial charge on any atom is -0.299 e. The average Bonchev–Trinajstić information content (AvgIpc) is 3.18. The molecule has 0 radical (unpaired) electrons. The van der Waals surface area contributed by atoms with Gasteiger partial charge in [-0.1, -0.05) is 42.5 Å². The summed E-state index contributed by atoms with van der Waals surface area (Å²) in [5.74, 6) is 0.134. The zero-order valence-corrected chi connectivity index (χ0v) is 17.8. The zero-order valence-electron chi connectivity index (χ0n) is 17.0. The fraction of sp³-hybridized carbons (Fsp3) is 0.348. The van der Waals surface area contributed by atoms with Gasteiger partial charge in [0.05, 0.1) is 11.9 Å². The summed E-state index contributed by atoms with van der Waals surface area (Å²) in [6, 6.07) is 14.8. The van der Waals surface area contributed by atoms with E-state index in [4.69, 9.17) is 0 Å². The molecule has 1 atom stereocenters. The Bertz CT molecular complexity index is 1130. The fourth-order valence-corrected chi connectivity index (χ4v) is 5.18. The highest BCUT2D eigenvalue weighted by atomic mass is 32.2. The predicted molar refractivity (Wildman–Crippen MR) is 115 cm³/mol. The maximum atomic E-state index is 14.4. The SMILES string of the molecule is CS(=O)(=O)c1cn[nH]c1CC1CCCN(Cc2ccccc2-c2ccccc2F)C1. The third-order valence-corrected chi connectivity index (χ3v) is 6.90. The Labute approximate surface area is 176 Å². The van der Waals surface area contributed by atoms with Crippen LogP contribution in [0.3, 0.4) is 0 Å². The van der Waals surface area contributed by atoms with Crippen LogP contribution >= 0.6 is 0 Å². The van der Waals surface area contributed by atoms with Gasteiger partial charge in [0.1, 0.15) is 10.7 Å². The number of aromatic amines is 1. The van der Waals surface area contributed by atoms with Crippen LogP contribution in [0.2, 0.25) is 0 Å². The standard InChI is InChI=1S/C23H26FN3O2S/c1-30(28,29)23-14-25-26-22(23)13-17-7-6-12-27(15-17)16-18-8-2-3-9-19(18)20-10-4-5-11-21(20)24/h2-5,8-11,14,17H,6-7,12-13,15-16H2,1H3,(H,25,26). The summed E-state index contributed by atoms with van der Waals surface area (Å²) in [5, 5.41) is 6.81. The minimum atomic E-state index is -3.29. The molecule has 3 aromatic rings. The molecule has 1 N–H and O–H groups in total. The molecule has 1 aliphatic rings. The number of halogens is 1. The molecule has 5 nitrogen and oxygen atoms in total. The van der Waals surface area contributed by atoms with Gasteiger partial charge in [-0.3, -0.25) is 10.00 Å². The first-order chi connectivity index (χ1) is 14.4. The molecular formula is C23H26FN3O2S. The van der Waals surface area contributed by atoms with Crippen molar-refractivity contribution in [3.63, 3.8) is 0 Å². The second kappa shape index (κ2) is 8.70. The van der Waals surface area contributed by atoms with Gasteiger partial charge in [-0.15, -0.1) is 0 Å². The van der Waals surface area contributed by atoms with E-state index in [1.165, 1.54) is 18.5 Å². The van der Waals surface area contributed by atoms with Crippen molar-refractivity contribution in [2.75, 3.05) is 19.3 Å². The molecule has 1 aliphatic heterocycles. The van der Waals surface area contributed by atoms with Gasteiger partial charge in [0.2, 0.25) is 0 Å². The van der Waals surface area contributed by atoms with Crippen molar-refractivity contribution in [3.8, 4) is 11.1 Å². The molecule has 7 heteroatoms. The Hall–Kier alpha value is -2.51. The van der Waals surface area contributed by atoms with Crippen molar-refractivity contribution in [1.29, 1.82) is 0 Å². The van der Waals surface area contributed by atoms with E-state index in [9.17, 15) is 12.8 Å². The molecule has 0 saturated carbocycles. The summed E-state index contributed by atoms with van der Waals surface area (Å²) in [6.45, 7) is 2.58. The van der Waals surface area contributed by atoms with Gasteiger partial charge < -0.3 is 0 Å². The molecular weight excluding hydrogens is 401 g/mol. The number of aromatic nitrogens is 2. The monoisotopic (exact) mass is 427 g/mol. The first-order valence-electron chi connectivity index (χ1n) is 10.2. The summed E-state index contributed by atoms with van der Waals surface area (Å²) in [5.41, 5.74) is 3.33. The highest BCUT2D eigenvalue weighted by molar-refractivity contribution is 7.90. The number of nitrogens with one attached hydrogen (secondary N) is 1. The van der Waals surface area contributed by atoms with E-state index in [1.807, 2.05) is 30.3 Å². The largest absolute Gasteiger partial charge is 0.299 e. The lowest BCUT2D eigenvalue weighted by molar-refractivity contribution is 0.166. The molecule has 2 heterocycles. The van der Waals surface area contributed by atoms with Crippen LogP contribution in [-0.2, 0) is 22.8 Å². The summed E-state index contributed by atoms with van der Waals surface area (Å²) in [7, 11) is -3.29. The molecule has 30 heavy (non-hydrogen) atoms. The third kappa shape index (κ3) is 4.63. The lowest BCUT2D eigenvalue weighted by Crippen LogP contribution is -2.36. The van der Waals surface area contributed by atoms with E-state index in [0.717, 1.165) is 43.6 Å². The van der Waals surface area contributed by atoms with E-state index in [0.29, 0.717) is 28.5 Å². The van der Waals surface area contributed by atoms with Gasteiger partial charge in [-0.25, -0.2) is 12.8 Å². The highest BCUT2D eigenvalue weighted by Crippen LogP contribution is 2.29. The quantitative estimate of drug-likeness (QED) is 0.644. The van der Waals surface area contributed by atoms with E-state index >= 15 is 0 Å². The summed E-state index contributed by atoms with van der Waals surface area (Å²) in [4.78, 5) is 2.68. The number of hydrogen-bond donors (Lipinski definition) is 1. The van der Waals surface area contributed by atoms with Crippen LogP contribution in [0, 0.1) is 11.7 Å². The first-order valence-corrected chi connectivity index (χ1v) is 12.1. The number of likely N-dealkylation sites (tertiary alicyclic amines) is 1. The maximum absolute atomic E-state index is 14.4. The molecule has 4 rings (SSSR count). The first kappa shape index (κ1) is 20.8. The molecule has 0 spiro atoms. The Morgan fingerprint density at radius 3 is 2.63 bits per heavy atom. The molecule has 1 aromatic heterocycles. The fourth-order valence-electron chi connectivity index (χ4n) is 4.36. The predicted octanol–water partition coefficient (Wildman–Crippen LogP) is 4.07. The second-order valence-electron chi connectivity index (χ2n) is 8.07. The Kier molecular flexibility index (Phi) is 6.01. The topological polar surface area (TPSA) is 66.1 Å². The minimum absolute atomic E-state index is 0.214. The van der Waals surface area contributed by atoms with Crippen molar-refractivity contribution in [1.82, 2.24) is 15.1 Å². The van der Waals surface area contributed by atoms with Crippen molar-refractivity contribution >= 4 is 9.84 Å². The van der Waals surface area contributed by atoms with Crippen LogP contribution < -0.4 is 0 Å². The Balaban J connectivity index is 1.50. The van der Waals surface area contributed by atoms with Crippen LogP contribution in [-0.4, -0.2) is 42.9 Å². The molecule has 158 valence electrons. The number of H-pyrrole nitrogens is 1. The van der Waals surface area contributed by atoms with Gasteiger partial charge in [-0.2, -0.15) is 5.10 Å². The van der Waals surface area contributed by atoms with Crippen molar-refractivity contribution < 1.29 is 12.8 Å². The van der Waals surface area contributed by atoms with Gasteiger partial charge in [0.25, 0.3) is 0 Å². The van der Waals surface area contributed by atoms with Gasteiger partial charge in [0.15, 0.2) is 9.84 Å². The number of sulfone groups is 1. The molecule has 1 saturated heterocycles. The molecule has 0 bridgehead atoms. The van der Waals surface area contributed by atoms with Crippen molar-refractivity contribution in [2.24, 2.45) is 5.92 Å². The summed E-state index contributed by atoms with van der Waals surface area (Å²) >= 11 is 0. The van der Waals surface area contributed by atoms with Crippen LogP contribution in [0.25, 0.3) is 11.1 Å². The summed E-state index contributed by atoms with van der Waals surface area (Å²) < 4.78 is 38.3. The number of piperidine rings is 1.